The van der Waals surface area contributed by atoms with Gasteiger partial charge < -0.3 is 15.3 Å². The first-order valence-electron chi connectivity index (χ1n) is 20.8. The average Bonchev–Trinajstić information content (AvgIpc) is 3.77. The van der Waals surface area contributed by atoms with Gasteiger partial charge in [0.1, 0.15) is 0 Å². The van der Waals surface area contributed by atoms with E-state index in [2.05, 4.69) is 203 Å². The first-order valence-corrected chi connectivity index (χ1v) is 21.7. The SMILES string of the molecule is C(C=Cc1ccccc1)=Cc1ccccc1.C(C=Cc1ccccc1)=Cc1ccccc1.C(C=Cc1ccccc1)=Cc1ccccc1.C[O-].C[O-].C[O-].[Ti+3][CH]1C=Cc2ccccc21. The van der Waals surface area contributed by atoms with Crippen molar-refractivity contribution >= 4 is 42.5 Å². The second-order valence-electron chi connectivity index (χ2n) is 13.1. The Bertz CT molecular complexity index is 2000. The van der Waals surface area contributed by atoms with E-state index in [1.165, 1.54) is 44.5 Å². The fraction of sp³-hybridized carbons (Fsp3) is 0.0667. The van der Waals surface area contributed by atoms with E-state index in [9.17, 15) is 0 Å². The monoisotopic (exact) mass is 874 g/mol. The van der Waals surface area contributed by atoms with Crippen LogP contribution in [0, 0.1) is 0 Å². The Labute approximate surface area is 394 Å². The molecule has 64 heavy (non-hydrogen) atoms. The molecule has 0 bridgehead atoms. The first kappa shape index (κ1) is 53.5. The standard InChI is InChI=1S/3C16H14.C9H7.3CH3O.Ti/c3*1-3-9-15(10-4-1)13-7-8-14-16-11-5-2-6-12-16;1-2-5-9-7-3-6-8(9)4-1;3*1-2;/h3*1-14H;1-7H;3*1H3;/q;;;;3*-1;+3. The fourth-order valence-corrected chi connectivity index (χ4v) is 6.20. The van der Waals surface area contributed by atoms with Crippen molar-refractivity contribution in [3.05, 3.63) is 293 Å². The molecule has 4 heteroatoms. The molecule has 0 N–H and O–H groups in total. The van der Waals surface area contributed by atoms with Crippen LogP contribution in [0.3, 0.4) is 0 Å². The zero-order chi connectivity index (χ0) is 46.1. The molecule has 0 heterocycles. The third-order valence-corrected chi connectivity index (χ3v) is 9.45. The molecule has 7 aromatic carbocycles. The van der Waals surface area contributed by atoms with Crippen molar-refractivity contribution in [2.24, 2.45) is 0 Å². The summed E-state index contributed by atoms with van der Waals surface area (Å²) in [5.74, 6) is 0. The van der Waals surface area contributed by atoms with Gasteiger partial charge in [0.15, 0.2) is 0 Å². The van der Waals surface area contributed by atoms with Crippen LogP contribution in [-0.4, -0.2) is 21.3 Å². The Kier molecular flexibility index (Phi) is 30.8. The van der Waals surface area contributed by atoms with Gasteiger partial charge in [0.05, 0.1) is 0 Å². The Morgan fingerprint density at radius 1 is 0.297 bits per heavy atom. The van der Waals surface area contributed by atoms with Crippen LogP contribution < -0.4 is 15.3 Å². The van der Waals surface area contributed by atoms with E-state index in [4.69, 9.17) is 15.3 Å². The van der Waals surface area contributed by atoms with E-state index in [-0.39, 0.29) is 0 Å². The van der Waals surface area contributed by atoms with Gasteiger partial charge in [0.25, 0.3) is 0 Å². The topological polar surface area (TPSA) is 69.2 Å². The van der Waals surface area contributed by atoms with Gasteiger partial charge in [0, 0.05) is 0 Å². The number of allylic oxidation sites excluding steroid dienone is 7. The van der Waals surface area contributed by atoms with Crippen LogP contribution in [-0.2, 0) is 20.4 Å². The molecule has 1 unspecified atom stereocenters. The Hall–Kier alpha value is -6.69. The first-order chi connectivity index (χ1) is 31.7. The molecule has 0 saturated heterocycles. The molecule has 8 rings (SSSR count). The summed E-state index contributed by atoms with van der Waals surface area (Å²) in [6.45, 7) is 0. The van der Waals surface area contributed by atoms with Crippen LogP contribution in [0.25, 0.3) is 42.5 Å². The quantitative estimate of drug-likeness (QED) is 0.107. The van der Waals surface area contributed by atoms with E-state index in [0.29, 0.717) is 4.22 Å². The van der Waals surface area contributed by atoms with Crippen molar-refractivity contribution in [2.45, 2.75) is 4.22 Å². The molecule has 0 aromatic heterocycles. The van der Waals surface area contributed by atoms with Crippen LogP contribution in [0.15, 0.2) is 249 Å². The zero-order valence-corrected chi connectivity index (χ0v) is 38.6. The van der Waals surface area contributed by atoms with E-state index >= 15 is 0 Å². The summed E-state index contributed by atoms with van der Waals surface area (Å²) in [6.07, 6.45) is 29.4. The van der Waals surface area contributed by atoms with Crippen molar-refractivity contribution < 1.29 is 35.8 Å². The van der Waals surface area contributed by atoms with Gasteiger partial charge in [-0.05, 0) is 33.4 Å². The summed E-state index contributed by atoms with van der Waals surface area (Å²) >= 11 is 2.22. The maximum absolute atomic E-state index is 8.25. The van der Waals surface area contributed by atoms with E-state index in [1.54, 1.807) is 0 Å². The van der Waals surface area contributed by atoms with Gasteiger partial charge in [-0.25, -0.2) is 0 Å². The summed E-state index contributed by atoms with van der Waals surface area (Å²) in [6, 6.07) is 70.3. The molecule has 1 atom stereocenters. The summed E-state index contributed by atoms with van der Waals surface area (Å²) in [7, 11) is 2.25. The van der Waals surface area contributed by atoms with Gasteiger partial charge in [0.2, 0.25) is 0 Å². The van der Waals surface area contributed by atoms with Gasteiger partial charge in [-0.15, -0.1) is 0 Å². The van der Waals surface area contributed by atoms with Crippen LogP contribution in [0.4, 0.5) is 0 Å². The summed E-state index contributed by atoms with van der Waals surface area (Å²) in [5, 5.41) is 24.8. The van der Waals surface area contributed by atoms with Crippen molar-refractivity contribution in [1.29, 1.82) is 0 Å². The van der Waals surface area contributed by atoms with Gasteiger partial charge in [-0.1, -0.05) is 255 Å². The van der Waals surface area contributed by atoms with E-state index < -0.39 is 0 Å². The van der Waals surface area contributed by atoms with Crippen molar-refractivity contribution in [3.8, 4) is 0 Å². The Morgan fingerprint density at radius 2 is 0.500 bits per heavy atom. The van der Waals surface area contributed by atoms with Gasteiger partial charge >= 0.3 is 72.2 Å². The summed E-state index contributed by atoms with van der Waals surface area (Å²) in [4.78, 5) is 0. The van der Waals surface area contributed by atoms with E-state index in [0.717, 1.165) is 21.3 Å². The molecule has 0 saturated carbocycles. The van der Waals surface area contributed by atoms with Crippen LogP contribution >= 0.6 is 0 Å². The predicted octanol–water partition coefficient (Wildman–Crippen LogP) is 12.5. The normalized spacial score (nSPS) is 12.0. The third kappa shape index (κ3) is 24.1. The molecule has 1 aliphatic rings. The fourth-order valence-electron chi connectivity index (χ4n) is 5.63. The van der Waals surface area contributed by atoms with Crippen molar-refractivity contribution in [2.75, 3.05) is 21.3 Å². The van der Waals surface area contributed by atoms with Gasteiger partial charge in [-0.2, -0.15) is 21.3 Å². The average molecular weight is 875 g/mol. The number of hydrogen-bond acceptors (Lipinski definition) is 3. The Morgan fingerprint density at radius 3 is 0.719 bits per heavy atom. The molecule has 7 aromatic rings. The molecule has 0 aliphatic heterocycles. The molecular formula is C60H58O3Ti. The summed E-state index contributed by atoms with van der Waals surface area (Å²) in [5.41, 5.74) is 10.2. The second-order valence-corrected chi connectivity index (χ2v) is 14.1. The van der Waals surface area contributed by atoms with Crippen LogP contribution in [0.1, 0.15) is 48.7 Å². The minimum absolute atomic E-state index is 0.621. The van der Waals surface area contributed by atoms with Crippen LogP contribution in [0.5, 0.6) is 0 Å². The molecular weight excluding hydrogens is 817 g/mol. The maximum atomic E-state index is 8.25. The van der Waals surface area contributed by atoms with Crippen molar-refractivity contribution in [1.82, 2.24) is 0 Å². The molecule has 0 spiro atoms. The number of rotatable bonds is 9. The van der Waals surface area contributed by atoms with Gasteiger partial charge in [-0.3, -0.25) is 0 Å². The van der Waals surface area contributed by atoms with Crippen LogP contribution in [0.2, 0.25) is 0 Å². The summed E-state index contributed by atoms with van der Waals surface area (Å²) < 4.78 is 0.621. The Balaban J connectivity index is 0.000000285. The molecule has 0 radical (unpaired) electrons. The number of fused-ring (bicyclic) bond motifs is 1. The molecule has 320 valence electrons. The van der Waals surface area contributed by atoms with Crippen molar-refractivity contribution in [3.63, 3.8) is 0 Å². The predicted molar refractivity (Wildman–Crippen MR) is 269 cm³/mol. The molecule has 0 amide bonds. The molecule has 1 aliphatic carbocycles. The molecule has 0 fully saturated rings. The number of benzene rings is 7. The van der Waals surface area contributed by atoms with E-state index in [1.807, 2.05) is 109 Å². The second kappa shape index (κ2) is 36.9. The number of hydrogen-bond donors (Lipinski definition) is 0. The zero-order valence-electron chi connectivity index (χ0n) is 37.0. The third-order valence-electron chi connectivity index (χ3n) is 8.66. The minimum atomic E-state index is 0.621. The molecule has 3 nitrogen and oxygen atoms in total.